The number of fused-ring (bicyclic) bond motifs is 1. The van der Waals surface area contributed by atoms with Crippen LogP contribution in [0, 0.1) is 5.41 Å². The molecule has 0 aromatic heterocycles. The highest BCUT2D eigenvalue weighted by Crippen LogP contribution is 2.41. The molecule has 0 saturated carbocycles. The van der Waals surface area contributed by atoms with Gasteiger partial charge >= 0.3 is 10.1 Å². The monoisotopic (exact) mass is 611 g/mol. The van der Waals surface area contributed by atoms with Gasteiger partial charge in [-0.2, -0.15) is 8.42 Å². The van der Waals surface area contributed by atoms with Crippen LogP contribution in [0.4, 0.5) is 0 Å². The van der Waals surface area contributed by atoms with Crippen LogP contribution < -0.4 is 19.0 Å². The van der Waals surface area contributed by atoms with Gasteiger partial charge in [-0.1, -0.05) is 20.8 Å². The predicted octanol–water partition coefficient (Wildman–Crippen LogP) is 3.69. The van der Waals surface area contributed by atoms with Crippen molar-refractivity contribution in [3.63, 3.8) is 0 Å². The molecule has 0 atom stereocenters. The van der Waals surface area contributed by atoms with Gasteiger partial charge in [-0.05, 0) is 42.2 Å². The standard InChI is InChI=1S/C26H33N3O7S.BrH/c1-8-35-21-11-16-13-29(24(27)17(16)12-18(21)25(31)28-5)14-20(30)15-9-19(26(2,3)4)23(22(10-15)34-6)36-37(7,32)33;/h9-12,27H,8,13-14H2,1-7H3,(H,28,31);1H. The summed E-state index contributed by atoms with van der Waals surface area (Å²) in [5.41, 5.74) is 1.89. The molecule has 10 nitrogen and oxygen atoms in total. The molecule has 2 aromatic rings. The van der Waals surface area contributed by atoms with E-state index >= 15 is 0 Å². The lowest BCUT2D eigenvalue weighted by Gasteiger charge is -2.25. The van der Waals surface area contributed by atoms with E-state index in [1.54, 1.807) is 23.1 Å². The van der Waals surface area contributed by atoms with Crippen molar-refractivity contribution in [3.05, 3.63) is 52.1 Å². The minimum atomic E-state index is -3.84. The first kappa shape index (κ1) is 31.1. The number of ether oxygens (including phenoxy) is 2. The summed E-state index contributed by atoms with van der Waals surface area (Å²) in [6, 6.07) is 6.40. The number of nitrogens with one attached hydrogen (secondary N) is 2. The number of hydrogen-bond donors (Lipinski definition) is 2. The molecule has 1 heterocycles. The lowest BCUT2D eigenvalue weighted by molar-refractivity contribution is 0.0952. The van der Waals surface area contributed by atoms with E-state index in [-0.39, 0.29) is 52.6 Å². The molecule has 0 bridgehead atoms. The van der Waals surface area contributed by atoms with E-state index < -0.39 is 15.5 Å². The summed E-state index contributed by atoms with van der Waals surface area (Å²) < 4.78 is 40.0. The number of methoxy groups -OCH3 is 1. The van der Waals surface area contributed by atoms with E-state index in [9.17, 15) is 18.0 Å². The van der Waals surface area contributed by atoms with E-state index in [1.807, 2.05) is 27.7 Å². The van der Waals surface area contributed by atoms with Crippen LogP contribution >= 0.6 is 17.0 Å². The van der Waals surface area contributed by atoms with Crippen molar-refractivity contribution in [1.29, 1.82) is 5.41 Å². The van der Waals surface area contributed by atoms with Crippen LogP contribution in [0.2, 0.25) is 0 Å². The van der Waals surface area contributed by atoms with Crippen molar-refractivity contribution in [3.8, 4) is 17.2 Å². The van der Waals surface area contributed by atoms with E-state index in [0.29, 0.717) is 41.2 Å². The van der Waals surface area contributed by atoms with Gasteiger partial charge in [0.05, 0.1) is 32.1 Å². The number of carbonyl (C=O) groups excluding carboxylic acids is 2. The van der Waals surface area contributed by atoms with E-state index in [2.05, 4.69) is 5.32 Å². The van der Waals surface area contributed by atoms with Crippen LogP contribution in [0.1, 0.15) is 65.1 Å². The van der Waals surface area contributed by atoms with Gasteiger partial charge in [0.1, 0.15) is 11.6 Å². The molecule has 38 heavy (non-hydrogen) atoms. The number of Topliss-reactive ketones (excluding diaryl/α,β-unsaturated/α-hetero) is 1. The summed E-state index contributed by atoms with van der Waals surface area (Å²) in [6.45, 7) is 8.01. The van der Waals surface area contributed by atoms with Crippen LogP contribution in [0.25, 0.3) is 0 Å². The van der Waals surface area contributed by atoms with Crippen molar-refractivity contribution in [1.82, 2.24) is 10.2 Å². The normalized spacial score (nSPS) is 12.9. The van der Waals surface area contributed by atoms with E-state index in [1.165, 1.54) is 20.2 Å². The Morgan fingerprint density at radius 1 is 1.13 bits per heavy atom. The summed E-state index contributed by atoms with van der Waals surface area (Å²) in [5.74, 6) is 0.0907. The highest BCUT2D eigenvalue weighted by atomic mass is 79.9. The molecule has 1 amide bonds. The zero-order valence-corrected chi connectivity index (χ0v) is 25.1. The number of benzene rings is 2. The Kier molecular flexibility index (Phi) is 9.60. The molecule has 12 heteroatoms. The zero-order chi connectivity index (χ0) is 27.7. The molecule has 0 saturated heterocycles. The maximum Gasteiger partial charge on any atom is 0.306 e. The van der Waals surface area contributed by atoms with Crippen molar-refractivity contribution >= 4 is 44.6 Å². The Morgan fingerprint density at radius 2 is 1.79 bits per heavy atom. The molecule has 2 aromatic carbocycles. The van der Waals surface area contributed by atoms with Crippen LogP contribution in [0.3, 0.4) is 0 Å². The predicted molar refractivity (Wildman–Crippen MR) is 150 cm³/mol. The summed E-state index contributed by atoms with van der Waals surface area (Å²) in [6.07, 6.45) is 0.946. The lowest BCUT2D eigenvalue weighted by atomic mass is 9.84. The maximum atomic E-state index is 13.4. The van der Waals surface area contributed by atoms with Gasteiger partial charge in [-0.25, -0.2) is 0 Å². The Morgan fingerprint density at radius 3 is 2.32 bits per heavy atom. The Bertz CT molecular complexity index is 1370. The average molecular weight is 613 g/mol. The molecule has 1 aliphatic heterocycles. The van der Waals surface area contributed by atoms with Crippen LogP contribution in [0.15, 0.2) is 24.3 Å². The Hall–Kier alpha value is -3.12. The Labute approximate surface area is 234 Å². The van der Waals surface area contributed by atoms with Gasteiger partial charge in [-0.3, -0.25) is 15.0 Å². The van der Waals surface area contributed by atoms with Crippen LogP contribution in [-0.2, 0) is 22.1 Å². The second-order valence-corrected chi connectivity index (χ2v) is 11.3. The molecule has 0 aliphatic carbocycles. The quantitative estimate of drug-likeness (QED) is 0.324. The summed E-state index contributed by atoms with van der Waals surface area (Å²) in [7, 11) is -0.947. The van der Waals surface area contributed by atoms with Crippen LogP contribution in [-0.4, -0.2) is 64.4 Å². The van der Waals surface area contributed by atoms with Crippen molar-refractivity contribution in [2.75, 3.05) is 33.6 Å². The molecule has 0 spiro atoms. The fourth-order valence-electron chi connectivity index (χ4n) is 4.12. The smallest absolute Gasteiger partial charge is 0.306 e. The summed E-state index contributed by atoms with van der Waals surface area (Å²) in [4.78, 5) is 27.4. The molecule has 208 valence electrons. The second kappa shape index (κ2) is 11.7. The molecular formula is C26H34BrN3O7S. The van der Waals surface area contributed by atoms with Crippen molar-refractivity contribution in [2.45, 2.75) is 39.7 Å². The number of halogens is 1. The highest BCUT2D eigenvalue weighted by Gasteiger charge is 2.31. The third-order valence-corrected chi connectivity index (χ3v) is 6.35. The number of hydrogen-bond acceptors (Lipinski definition) is 8. The average Bonchev–Trinajstić information content (AvgIpc) is 3.10. The van der Waals surface area contributed by atoms with Gasteiger partial charge in [0.25, 0.3) is 5.91 Å². The number of amidine groups is 1. The molecule has 0 unspecified atom stereocenters. The molecular weight excluding hydrogens is 578 g/mol. The first-order chi connectivity index (χ1) is 17.2. The summed E-state index contributed by atoms with van der Waals surface area (Å²) >= 11 is 0. The minimum absolute atomic E-state index is 0. The largest absolute Gasteiger partial charge is 0.493 e. The highest BCUT2D eigenvalue weighted by molar-refractivity contribution is 8.93. The zero-order valence-electron chi connectivity index (χ0n) is 22.6. The van der Waals surface area contributed by atoms with Crippen LogP contribution in [0.5, 0.6) is 17.2 Å². The second-order valence-electron chi connectivity index (χ2n) is 9.74. The number of carbonyl (C=O) groups is 2. The fourth-order valence-corrected chi connectivity index (χ4v) is 4.60. The van der Waals surface area contributed by atoms with Gasteiger partial charge in [0.2, 0.25) is 0 Å². The lowest BCUT2D eigenvalue weighted by Crippen LogP contribution is -2.30. The number of nitrogens with zero attached hydrogens (tertiary/aromatic N) is 1. The third kappa shape index (κ3) is 6.65. The van der Waals surface area contributed by atoms with Gasteiger partial charge < -0.3 is 23.9 Å². The first-order valence-electron chi connectivity index (χ1n) is 11.7. The van der Waals surface area contributed by atoms with Gasteiger partial charge in [0.15, 0.2) is 17.3 Å². The number of rotatable bonds is 9. The first-order valence-corrected chi connectivity index (χ1v) is 13.5. The fraction of sp³-hybridized carbons (Fsp3) is 0.423. The molecule has 1 aliphatic rings. The third-order valence-electron chi connectivity index (χ3n) is 5.88. The molecule has 0 radical (unpaired) electrons. The van der Waals surface area contributed by atoms with Crippen molar-refractivity contribution < 1.29 is 31.7 Å². The Balaban J connectivity index is 0.00000507. The molecule has 3 rings (SSSR count). The number of ketones is 1. The summed E-state index contributed by atoms with van der Waals surface area (Å²) in [5, 5.41) is 11.2. The van der Waals surface area contributed by atoms with E-state index in [0.717, 1.165) is 11.8 Å². The van der Waals surface area contributed by atoms with Gasteiger partial charge in [0, 0.05) is 30.3 Å². The SMILES string of the molecule is Br.CCOc1cc2c(cc1C(=O)NC)C(=N)N(CC(=O)c1cc(OC)c(OS(C)(=O)=O)c(C(C)(C)C)c1)C2. The minimum Gasteiger partial charge on any atom is -0.493 e. The van der Waals surface area contributed by atoms with E-state index in [4.69, 9.17) is 19.1 Å². The molecule has 0 fully saturated rings. The van der Waals surface area contributed by atoms with Crippen molar-refractivity contribution in [2.24, 2.45) is 0 Å². The number of amides is 1. The maximum absolute atomic E-state index is 13.4. The van der Waals surface area contributed by atoms with Gasteiger partial charge in [-0.15, -0.1) is 17.0 Å². The molecule has 2 N–H and O–H groups in total. The topological polar surface area (TPSA) is 135 Å².